The fourth-order valence-electron chi connectivity index (χ4n) is 5.57. The number of hydrogen-bond donors (Lipinski definition) is 2. The molecule has 0 aromatic heterocycles. The van der Waals surface area contributed by atoms with Crippen LogP contribution in [0.2, 0.25) is 0 Å². The molecule has 0 spiro atoms. The lowest BCUT2D eigenvalue weighted by Gasteiger charge is -2.56. The third kappa shape index (κ3) is 3.36. The van der Waals surface area contributed by atoms with Crippen LogP contribution in [0.15, 0.2) is 29.2 Å². The molecule has 6 nitrogen and oxygen atoms in total. The standard InChI is InChI=1S/C19H23N3O3S/c20-6-5-18(23)21-16-1-3-17(4-2-16)26(24,25)22-19-10-13-7-14(11-19)9-15(8-13)12-19/h1-4,13-15,22H,5,7-12H2,(H,21,23). The van der Waals surface area contributed by atoms with Crippen molar-refractivity contribution in [2.24, 2.45) is 17.8 Å². The van der Waals surface area contributed by atoms with Crippen LogP contribution in [0.3, 0.4) is 0 Å². The zero-order valence-corrected chi connectivity index (χ0v) is 15.4. The predicted octanol–water partition coefficient (Wildman–Crippen LogP) is 2.79. The van der Waals surface area contributed by atoms with E-state index >= 15 is 0 Å². The third-order valence-electron chi connectivity index (χ3n) is 6.08. The van der Waals surface area contributed by atoms with Crippen LogP contribution in [-0.2, 0) is 14.8 Å². The Bertz CT molecular complexity index is 820. The summed E-state index contributed by atoms with van der Waals surface area (Å²) in [5.74, 6) is 1.60. The molecule has 4 aliphatic rings. The van der Waals surface area contributed by atoms with Gasteiger partial charge in [-0.3, -0.25) is 4.79 Å². The van der Waals surface area contributed by atoms with Crippen molar-refractivity contribution >= 4 is 21.6 Å². The molecule has 4 aliphatic carbocycles. The van der Waals surface area contributed by atoms with E-state index in [4.69, 9.17) is 5.26 Å². The topological polar surface area (TPSA) is 99.1 Å². The minimum Gasteiger partial charge on any atom is -0.325 e. The van der Waals surface area contributed by atoms with Gasteiger partial charge in [0.15, 0.2) is 0 Å². The van der Waals surface area contributed by atoms with Crippen molar-refractivity contribution < 1.29 is 13.2 Å². The van der Waals surface area contributed by atoms with Gasteiger partial charge in [0.1, 0.15) is 6.42 Å². The summed E-state index contributed by atoms with van der Waals surface area (Å²) < 4.78 is 28.9. The zero-order chi connectivity index (χ0) is 18.4. The van der Waals surface area contributed by atoms with Gasteiger partial charge in [0.25, 0.3) is 0 Å². The minimum atomic E-state index is -3.59. The van der Waals surface area contributed by atoms with Gasteiger partial charge in [-0.15, -0.1) is 0 Å². The van der Waals surface area contributed by atoms with E-state index in [2.05, 4.69) is 10.0 Å². The van der Waals surface area contributed by atoms with Crippen LogP contribution in [0.1, 0.15) is 44.9 Å². The number of benzene rings is 1. The van der Waals surface area contributed by atoms with Gasteiger partial charge in [0, 0.05) is 11.2 Å². The number of nitrogens with zero attached hydrogens (tertiary/aromatic N) is 1. The van der Waals surface area contributed by atoms with Crippen LogP contribution in [0.25, 0.3) is 0 Å². The van der Waals surface area contributed by atoms with Gasteiger partial charge in [-0.25, -0.2) is 13.1 Å². The molecule has 2 N–H and O–H groups in total. The average Bonchev–Trinajstić information content (AvgIpc) is 2.53. The van der Waals surface area contributed by atoms with Gasteiger partial charge < -0.3 is 5.32 Å². The second kappa shape index (κ2) is 6.36. The normalized spacial score (nSPS) is 32.2. The van der Waals surface area contributed by atoms with Crippen LogP contribution in [-0.4, -0.2) is 19.9 Å². The Morgan fingerprint density at radius 2 is 1.62 bits per heavy atom. The molecule has 0 unspecified atom stereocenters. The lowest BCUT2D eigenvalue weighted by molar-refractivity contribution is -0.115. The summed E-state index contributed by atoms with van der Waals surface area (Å²) in [5, 5.41) is 11.1. The first-order chi connectivity index (χ1) is 12.4. The second-order valence-electron chi connectivity index (χ2n) is 8.21. The number of sulfonamides is 1. The highest BCUT2D eigenvalue weighted by atomic mass is 32.2. The maximum absolute atomic E-state index is 12.9. The molecular formula is C19H23N3O3S. The number of hydrogen-bond acceptors (Lipinski definition) is 4. The quantitative estimate of drug-likeness (QED) is 0.829. The Hall–Kier alpha value is -1.91. The van der Waals surface area contributed by atoms with E-state index in [0.29, 0.717) is 23.4 Å². The van der Waals surface area contributed by atoms with E-state index < -0.39 is 15.9 Å². The molecule has 4 saturated carbocycles. The molecule has 0 heterocycles. The second-order valence-corrected chi connectivity index (χ2v) is 9.89. The summed E-state index contributed by atoms with van der Waals surface area (Å²) >= 11 is 0. The van der Waals surface area contributed by atoms with E-state index in [-0.39, 0.29) is 16.9 Å². The molecule has 1 aromatic carbocycles. The van der Waals surface area contributed by atoms with Crippen molar-refractivity contribution in [3.63, 3.8) is 0 Å². The molecular weight excluding hydrogens is 350 g/mol. The van der Waals surface area contributed by atoms with Gasteiger partial charge in [0.05, 0.1) is 11.0 Å². The third-order valence-corrected chi connectivity index (χ3v) is 7.67. The minimum absolute atomic E-state index is 0.214. The summed E-state index contributed by atoms with van der Waals surface area (Å²) in [5.41, 5.74) is 0.215. The van der Waals surface area contributed by atoms with Gasteiger partial charge in [-0.05, 0) is 80.5 Å². The summed E-state index contributed by atoms with van der Waals surface area (Å²) in [6, 6.07) is 7.91. The highest BCUT2D eigenvalue weighted by Crippen LogP contribution is 2.55. The summed E-state index contributed by atoms with van der Waals surface area (Å²) in [7, 11) is -3.59. The van der Waals surface area contributed by atoms with Gasteiger partial charge in [0.2, 0.25) is 15.9 Å². The fraction of sp³-hybridized carbons (Fsp3) is 0.579. The maximum atomic E-state index is 12.9. The maximum Gasteiger partial charge on any atom is 0.241 e. The van der Waals surface area contributed by atoms with Crippen molar-refractivity contribution in [2.75, 3.05) is 5.32 Å². The number of carbonyl (C=O) groups is 1. The van der Waals surface area contributed by atoms with Crippen LogP contribution in [0, 0.1) is 29.1 Å². The lowest BCUT2D eigenvalue weighted by atomic mass is 9.53. The molecule has 0 radical (unpaired) electrons. The molecule has 1 amide bonds. The Morgan fingerprint density at radius 3 is 2.12 bits per heavy atom. The molecule has 138 valence electrons. The summed E-state index contributed by atoms with van der Waals surface area (Å²) in [4.78, 5) is 11.7. The van der Waals surface area contributed by atoms with Crippen molar-refractivity contribution in [2.45, 2.75) is 55.4 Å². The summed E-state index contributed by atoms with van der Waals surface area (Å²) in [6.45, 7) is 0. The average molecular weight is 373 g/mol. The number of anilines is 1. The molecule has 0 aliphatic heterocycles. The van der Waals surface area contributed by atoms with Gasteiger partial charge in [-0.1, -0.05) is 0 Å². The fourth-order valence-corrected chi connectivity index (χ4v) is 7.01. The number of carbonyl (C=O) groups excluding carboxylic acids is 1. The van der Waals surface area contributed by atoms with Crippen LogP contribution in [0.5, 0.6) is 0 Å². The SMILES string of the molecule is N#CCC(=O)Nc1ccc(S(=O)(=O)NC23CC4CC(CC(C4)C2)C3)cc1. The first-order valence-electron chi connectivity index (χ1n) is 9.18. The Kier molecular flexibility index (Phi) is 4.28. The first kappa shape index (κ1) is 17.5. The van der Waals surface area contributed by atoms with Crippen molar-refractivity contribution in [3.8, 4) is 6.07 Å². The lowest BCUT2D eigenvalue weighted by Crippen LogP contribution is -2.59. The number of nitrogens with one attached hydrogen (secondary N) is 2. The molecule has 4 fully saturated rings. The molecule has 0 saturated heterocycles. The van der Waals surface area contributed by atoms with Gasteiger partial charge in [-0.2, -0.15) is 5.26 Å². The van der Waals surface area contributed by atoms with Crippen LogP contribution >= 0.6 is 0 Å². The first-order valence-corrected chi connectivity index (χ1v) is 10.7. The van der Waals surface area contributed by atoms with Crippen LogP contribution in [0.4, 0.5) is 5.69 Å². The summed E-state index contributed by atoms with van der Waals surface area (Å²) in [6.07, 6.45) is 6.43. The highest BCUT2D eigenvalue weighted by Gasteiger charge is 2.52. The van der Waals surface area contributed by atoms with Crippen molar-refractivity contribution in [1.82, 2.24) is 4.72 Å². The van der Waals surface area contributed by atoms with Crippen molar-refractivity contribution in [1.29, 1.82) is 5.26 Å². The van der Waals surface area contributed by atoms with E-state index in [0.717, 1.165) is 19.3 Å². The zero-order valence-electron chi connectivity index (χ0n) is 14.6. The molecule has 1 aromatic rings. The Balaban J connectivity index is 1.49. The van der Waals surface area contributed by atoms with Crippen molar-refractivity contribution in [3.05, 3.63) is 24.3 Å². The molecule has 7 heteroatoms. The van der Waals surface area contributed by atoms with E-state index in [9.17, 15) is 13.2 Å². The number of rotatable bonds is 5. The van der Waals surface area contributed by atoms with E-state index in [1.54, 1.807) is 18.2 Å². The van der Waals surface area contributed by atoms with E-state index in [1.807, 2.05) is 0 Å². The van der Waals surface area contributed by atoms with Gasteiger partial charge >= 0.3 is 0 Å². The largest absolute Gasteiger partial charge is 0.325 e. The van der Waals surface area contributed by atoms with Crippen LogP contribution < -0.4 is 10.0 Å². The molecule has 5 rings (SSSR count). The molecule has 4 bridgehead atoms. The Morgan fingerprint density at radius 1 is 1.08 bits per heavy atom. The predicted molar refractivity (Wildman–Crippen MR) is 96.5 cm³/mol. The number of nitriles is 1. The molecule has 0 atom stereocenters. The van der Waals surface area contributed by atoms with E-state index in [1.165, 1.54) is 31.4 Å². The smallest absolute Gasteiger partial charge is 0.241 e. The monoisotopic (exact) mass is 373 g/mol. The molecule has 26 heavy (non-hydrogen) atoms. The highest BCUT2D eigenvalue weighted by molar-refractivity contribution is 7.89. The Labute approximate surface area is 154 Å². The number of amides is 1.